The van der Waals surface area contributed by atoms with Crippen molar-refractivity contribution in [3.8, 4) is 5.75 Å². The Balaban J connectivity index is 1.73. The maximum Gasteiger partial charge on any atom is 0.258 e. The molecular weight excluding hydrogens is 232 g/mol. The van der Waals surface area contributed by atoms with Crippen molar-refractivity contribution in [1.29, 1.82) is 0 Å². The minimum absolute atomic E-state index is 0.0167. The number of nitrogens with zero attached hydrogens (tertiary/aromatic N) is 2. The van der Waals surface area contributed by atoms with Gasteiger partial charge in [-0.2, -0.15) is 5.10 Å². The smallest absolute Gasteiger partial charge is 0.258 e. The normalized spacial score (nSPS) is 10.1. The minimum Gasteiger partial charge on any atom is -0.484 e. The van der Waals surface area contributed by atoms with E-state index in [4.69, 9.17) is 4.74 Å². The summed E-state index contributed by atoms with van der Waals surface area (Å²) in [7, 11) is 0. The molecule has 2 rings (SSSR count). The third-order valence-electron chi connectivity index (χ3n) is 2.31. The fourth-order valence-corrected chi connectivity index (χ4v) is 1.33. The molecule has 0 atom stereocenters. The number of hydrogen-bond donors (Lipinski definition) is 2. The molecule has 0 aliphatic carbocycles. The van der Waals surface area contributed by atoms with Crippen molar-refractivity contribution in [2.45, 2.75) is 13.5 Å². The number of carbonyl (C=O) groups excluding carboxylic acids is 1. The van der Waals surface area contributed by atoms with Gasteiger partial charge in [0.1, 0.15) is 17.9 Å². The standard InChI is InChI=1S/C12H14N4O2/c1-9-2-4-10(5-3-9)18-7-12(17)13-6-11-14-8-15-16-11/h2-5,8H,6-7H2,1H3,(H,13,17)(H,14,15,16). The van der Waals surface area contributed by atoms with Crippen LogP contribution in [0.15, 0.2) is 30.6 Å². The fourth-order valence-electron chi connectivity index (χ4n) is 1.33. The van der Waals surface area contributed by atoms with Crippen LogP contribution in [-0.4, -0.2) is 27.7 Å². The Kier molecular flexibility index (Phi) is 3.90. The first-order chi connectivity index (χ1) is 8.74. The molecule has 0 saturated heterocycles. The summed E-state index contributed by atoms with van der Waals surface area (Å²) in [6.07, 6.45) is 1.39. The van der Waals surface area contributed by atoms with Gasteiger partial charge in [-0.25, -0.2) is 4.98 Å². The summed E-state index contributed by atoms with van der Waals surface area (Å²) in [6.45, 7) is 2.29. The molecule has 2 aromatic rings. The molecule has 0 fully saturated rings. The SMILES string of the molecule is Cc1ccc(OCC(=O)NCc2ncn[nH]2)cc1. The maximum atomic E-state index is 11.5. The lowest BCUT2D eigenvalue weighted by molar-refractivity contribution is -0.123. The number of ether oxygens (including phenoxy) is 1. The second kappa shape index (κ2) is 5.81. The van der Waals surface area contributed by atoms with Gasteiger partial charge in [0.05, 0.1) is 6.54 Å². The highest BCUT2D eigenvalue weighted by Gasteiger charge is 2.03. The average molecular weight is 246 g/mol. The fraction of sp³-hybridized carbons (Fsp3) is 0.250. The summed E-state index contributed by atoms with van der Waals surface area (Å²) in [5.41, 5.74) is 1.15. The molecule has 6 nitrogen and oxygen atoms in total. The Morgan fingerprint density at radius 1 is 1.39 bits per heavy atom. The predicted molar refractivity (Wildman–Crippen MR) is 64.9 cm³/mol. The summed E-state index contributed by atoms with van der Waals surface area (Å²) in [4.78, 5) is 15.4. The summed E-state index contributed by atoms with van der Waals surface area (Å²) in [6, 6.07) is 7.53. The second-order valence-electron chi connectivity index (χ2n) is 3.81. The molecule has 2 N–H and O–H groups in total. The Bertz CT molecular complexity index is 493. The van der Waals surface area contributed by atoms with E-state index in [2.05, 4.69) is 20.5 Å². The van der Waals surface area contributed by atoms with E-state index < -0.39 is 0 Å². The van der Waals surface area contributed by atoms with E-state index in [0.29, 0.717) is 18.1 Å². The number of carbonyl (C=O) groups is 1. The third kappa shape index (κ3) is 3.58. The number of benzene rings is 1. The Hall–Kier alpha value is -2.37. The first-order valence-electron chi connectivity index (χ1n) is 5.54. The van der Waals surface area contributed by atoms with Crippen molar-refractivity contribution in [3.63, 3.8) is 0 Å². The number of aryl methyl sites for hydroxylation is 1. The zero-order chi connectivity index (χ0) is 12.8. The molecule has 0 saturated carbocycles. The number of aromatic nitrogens is 3. The Morgan fingerprint density at radius 3 is 2.83 bits per heavy atom. The number of aromatic amines is 1. The van der Waals surface area contributed by atoms with E-state index in [1.807, 2.05) is 31.2 Å². The van der Waals surface area contributed by atoms with Crippen molar-refractivity contribution in [2.75, 3.05) is 6.61 Å². The first-order valence-corrected chi connectivity index (χ1v) is 5.54. The van der Waals surface area contributed by atoms with Gasteiger partial charge in [0.2, 0.25) is 0 Å². The van der Waals surface area contributed by atoms with Crippen LogP contribution in [0.4, 0.5) is 0 Å². The molecule has 0 unspecified atom stereocenters. The van der Waals surface area contributed by atoms with Crippen LogP contribution in [0.2, 0.25) is 0 Å². The zero-order valence-corrected chi connectivity index (χ0v) is 10.0. The molecule has 94 valence electrons. The van der Waals surface area contributed by atoms with Gasteiger partial charge in [-0.1, -0.05) is 17.7 Å². The van der Waals surface area contributed by atoms with Crippen LogP contribution < -0.4 is 10.1 Å². The van der Waals surface area contributed by atoms with Gasteiger partial charge in [-0.15, -0.1) is 0 Å². The minimum atomic E-state index is -0.202. The number of rotatable bonds is 5. The van der Waals surface area contributed by atoms with Crippen LogP contribution in [0.25, 0.3) is 0 Å². The number of H-pyrrole nitrogens is 1. The first kappa shape index (κ1) is 12.1. The van der Waals surface area contributed by atoms with Crippen LogP contribution in [0, 0.1) is 6.92 Å². The molecule has 1 amide bonds. The van der Waals surface area contributed by atoms with Crippen LogP contribution in [0.5, 0.6) is 5.75 Å². The van der Waals surface area contributed by atoms with Gasteiger partial charge in [0.25, 0.3) is 5.91 Å². The van der Waals surface area contributed by atoms with E-state index >= 15 is 0 Å². The molecule has 1 aromatic carbocycles. The molecular formula is C12H14N4O2. The van der Waals surface area contributed by atoms with E-state index in [1.165, 1.54) is 6.33 Å². The van der Waals surface area contributed by atoms with Gasteiger partial charge in [0, 0.05) is 0 Å². The summed E-state index contributed by atoms with van der Waals surface area (Å²) in [5.74, 6) is 1.08. The molecule has 0 spiro atoms. The molecule has 0 bridgehead atoms. The van der Waals surface area contributed by atoms with Crippen LogP contribution in [0.3, 0.4) is 0 Å². The lowest BCUT2D eigenvalue weighted by atomic mass is 10.2. The van der Waals surface area contributed by atoms with Gasteiger partial charge in [-0.05, 0) is 19.1 Å². The van der Waals surface area contributed by atoms with Gasteiger partial charge < -0.3 is 10.1 Å². The predicted octanol–water partition coefficient (Wildman–Crippen LogP) is 0.808. The van der Waals surface area contributed by atoms with E-state index in [1.54, 1.807) is 0 Å². The van der Waals surface area contributed by atoms with Crippen molar-refractivity contribution in [2.24, 2.45) is 0 Å². The molecule has 0 aliphatic rings. The molecule has 1 aromatic heterocycles. The highest BCUT2D eigenvalue weighted by atomic mass is 16.5. The lowest BCUT2D eigenvalue weighted by Crippen LogP contribution is -2.28. The summed E-state index contributed by atoms with van der Waals surface area (Å²) in [5, 5.41) is 9.01. The quantitative estimate of drug-likeness (QED) is 0.818. The topological polar surface area (TPSA) is 79.9 Å². The summed E-state index contributed by atoms with van der Waals surface area (Å²) < 4.78 is 5.33. The molecule has 0 aliphatic heterocycles. The van der Waals surface area contributed by atoms with E-state index in [9.17, 15) is 4.79 Å². The molecule has 1 heterocycles. The highest BCUT2D eigenvalue weighted by molar-refractivity contribution is 5.77. The summed E-state index contributed by atoms with van der Waals surface area (Å²) >= 11 is 0. The Labute approximate surface area is 104 Å². The van der Waals surface area contributed by atoms with Crippen molar-refractivity contribution in [3.05, 3.63) is 42.0 Å². The monoisotopic (exact) mass is 246 g/mol. The van der Waals surface area contributed by atoms with E-state index in [-0.39, 0.29) is 12.5 Å². The molecule has 18 heavy (non-hydrogen) atoms. The van der Waals surface area contributed by atoms with Crippen LogP contribution in [-0.2, 0) is 11.3 Å². The number of hydrogen-bond acceptors (Lipinski definition) is 4. The Morgan fingerprint density at radius 2 is 2.17 bits per heavy atom. The second-order valence-corrected chi connectivity index (χ2v) is 3.81. The highest BCUT2D eigenvalue weighted by Crippen LogP contribution is 2.10. The number of nitrogens with one attached hydrogen (secondary N) is 2. The zero-order valence-electron chi connectivity index (χ0n) is 10.0. The van der Waals surface area contributed by atoms with Crippen LogP contribution in [0.1, 0.15) is 11.4 Å². The van der Waals surface area contributed by atoms with Crippen molar-refractivity contribution in [1.82, 2.24) is 20.5 Å². The average Bonchev–Trinajstić information content (AvgIpc) is 2.89. The molecule has 0 radical (unpaired) electrons. The largest absolute Gasteiger partial charge is 0.484 e. The van der Waals surface area contributed by atoms with Crippen LogP contribution >= 0.6 is 0 Å². The van der Waals surface area contributed by atoms with Crippen molar-refractivity contribution >= 4 is 5.91 Å². The lowest BCUT2D eigenvalue weighted by Gasteiger charge is -2.06. The van der Waals surface area contributed by atoms with Crippen molar-refractivity contribution < 1.29 is 9.53 Å². The number of amides is 1. The third-order valence-corrected chi connectivity index (χ3v) is 2.31. The molecule has 6 heteroatoms. The van der Waals surface area contributed by atoms with Gasteiger partial charge >= 0.3 is 0 Å². The van der Waals surface area contributed by atoms with E-state index in [0.717, 1.165) is 5.56 Å². The van der Waals surface area contributed by atoms with Gasteiger partial charge in [-0.3, -0.25) is 9.89 Å². The maximum absolute atomic E-state index is 11.5. The van der Waals surface area contributed by atoms with Gasteiger partial charge in [0.15, 0.2) is 6.61 Å².